The van der Waals surface area contributed by atoms with E-state index in [0.717, 1.165) is 17.0 Å². The molecule has 0 unspecified atom stereocenters. The summed E-state index contributed by atoms with van der Waals surface area (Å²) in [5.41, 5.74) is -0.850. The molecule has 0 aliphatic rings. The van der Waals surface area contributed by atoms with Crippen LogP contribution >= 0.6 is 11.8 Å². The van der Waals surface area contributed by atoms with Crippen LogP contribution in [0.1, 0.15) is 5.56 Å². The number of rotatable bonds is 2. The van der Waals surface area contributed by atoms with Crippen molar-refractivity contribution in [2.45, 2.75) is 16.0 Å². The number of aromatic hydroxyl groups is 1. The van der Waals surface area contributed by atoms with Crippen LogP contribution in [-0.2, 0) is 6.18 Å². The van der Waals surface area contributed by atoms with Gasteiger partial charge in [0, 0.05) is 4.90 Å². The van der Waals surface area contributed by atoms with Crippen molar-refractivity contribution in [1.29, 1.82) is 0 Å². The molecule has 0 spiro atoms. The molecular weight excluding hydrogens is 261 g/mol. The first-order chi connectivity index (χ1) is 8.47. The summed E-state index contributed by atoms with van der Waals surface area (Å²) < 4.78 is 37.2. The summed E-state index contributed by atoms with van der Waals surface area (Å²) in [4.78, 5) is 1.25. The Kier molecular flexibility index (Phi) is 3.52. The number of phenolic OH excluding ortho intramolecular Hbond substituents is 1. The third-order valence-corrected chi connectivity index (χ3v) is 3.33. The van der Waals surface area contributed by atoms with Crippen molar-refractivity contribution in [1.82, 2.24) is 0 Å². The Labute approximate surface area is 106 Å². The number of phenols is 1. The molecule has 0 saturated heterocycles. The van der Waals surface area contributed by atoms with Crippen molar-refractivity contribution in [3.05, 3.63) is 54.1 Å². The highest BCUT2D eigenvalue weighted by molar-refractivity contribution is 7.99. The van der Waals surface area contributed by atoms with Crippen LogP contribution in [0.15, 0.2) is 58.3 Å². The second kappa shape index (κ2) is 4.94. The van der Waals surface area contributed by atoms with Gasteiger partial charge in [-0.15, -0.1) is 0 Å². The standard InChI is InChI=1S/C13H9F3OS/c14-13(15,16)9-6-7-12(11(17)8-9)18-10-4-2-1-3-5-10/h1-8,17H. The van der Waals surface area contributed by atoms with E-state index in [9.17, 15) is 18.3 Å². The normalized spacial score (nSPS) is 11.5. The molecule has 18 heavy (non-hydrogen) atoms. The maximum atomic E-state index is 12.4. The van der Waals surface area contributed by atoms with Crippen LogP contribution in [0, 0.1) is 0 Å². The van der Waals surface area contributed by atoms with Crippen LogP contribution in [0.2, 0.25) is 0 Å². The summed E-state index contributed by atoms with van der Waals surface area (Å²) in [6.07, 6.45) is -4.44. The first kappa shape index (κ1) is 12.8. The Bertz CT molecular complexity index is 538. The quantitative estimate of drug-likeness (QED) is 0.863. The average Bonchev–Trinajstić information content (AvgIpc) is 2.32. The van der Waals surface area contributed by atoms with E-state index in [-0.39, 0.29) is 5.75 Å². The van der Waals surface area contributed by atoms with Gasteiger partial charge in [-0.3, -0.25) is 0 Å². The van der Waals surface area contributed by atoms with Crippen molar-refractivity contribution in [2.24, 2.45) is 0 Å². The molecule has 2 aromatic carbocycles. The monoisotopic (exact) mass is 270 g/mol. The van der Waals surface area contributed by atoms with Gasteiger partial charge < -0.3 is 5.11 Å². The number of benzene rings is 2. The number of hydrogen-bond acceptors (Lipinski definition) is 2. The average molecular weight is 270 g/mol. The highest BCUT2D eigenvalue weighted by Crippen LogP contribution is 2.38. The fourth-order valence-corrected chi connectivity index (χ4v) is 2.24. The van der Waals surface area contributed by atoms with Crippen molar-refractivity contribution < 1.29 is 18.3 Å². The second-order valence-corrected chi connectivity index (χ2v) is 4.71. The summed E-state index contributed by atoms with van der Waals surface area (Å²) in [6.45, 7) is 0. The van der Waals surface area contributed by atoms with Gasteiger partial charge in [0.2, 0.25) is 0 Å². The summed E-state index contributed by atoms with van der Waals surface area (Å²) >= 11 is 1.22. The van der Waals surface area contributed by atoms with Crippen molar-refractivity contribution in [3.8, 4) is 5.75 Å². The molecule has 1 nitrogen and oxygen atoms in total. The summed E-state index contributed by atoms with van der Waals surface area (Å²) in [5.74, 6) is -0.362. The maximum Gasteiger partial charge on any atom is 0.416 e. The Hall–Kier alpha value is -1.62. The third-order valence-electron chi connectivity index (χ3n) is 2.26. The minimum atomic E-state index is -4.44. The lowest BCUT2D eigenvalue weighted by molar-refractivity contribution is -0.137. The Morgan fingerprint density at radius 2 is 1.61 bits per heavy atom. The Morgan fingerprint density at radius 1 is 0.944 bits per heavy atom. The number of hydrogen-bond donors (Lipinski definition) is 1. The van der Waals surface area contributed by atoms with E-state index in [2.05, 4.69) is 0 Å². The van der Waals surface area contributed by atoms with E-state index >= 15 is 0 Å². The molecule has 2 rings (SSSR count). The molecule has 0 aliphatic heterocycles. The summed E-state index contributed by atoms with van der Waals surface area (Å²) in [6, 6.07) is 12.1. The first-order valence-corrected chi connectivity index (χ1v) is 5.91. The Morgan fingerprint density at radius 3 is 2.17 bits per heavy atom. The maximum absolute atomic E-state index is 12.4. The molecule has 5 heteroatoms. The molecule has 0 radical (unpaired) electrons. The summed E-state index contributed by atoms with van der Waals surface area (Å²) in [5, 5.41) is 9.60. The topological polar surface area (TPSA) is 20.2 Å². The molecule has 94 valence electrons. The van der Waals surface area contributed by atoms with E-state index in [1.54, 1.807) is 0 Å². The highest BCUT2D eigenvalue weighted by Gasteiger charge is 2.31. The smallest absolute Gasteiger partial charge is 0.416 e. The van der Waals surface area contributed by atoms with Gasteiger partial charge in [-0.1, -0.05) is 30.0 Å². The number of alkyl halides is 3. The van der Waals surface area contributed by atoms with Crippen molar-refractivity contribution >= 4 is 11.8 Å². The molecule has 2 aromatic rings. The van der Waals surface area contributed by atoms with Crippen LogP contribution < -0.4 is 0 Å². The van der Waals surface area contributed by atoms with E-state index in [0.29, 0.717) is 4.90 Å². The van der Waals surface area contributed by atoms with Crippen LogP contribution in [-0.4, -0.2) is 5.11 Å². The molecular formula is C13H9F3OS. The molecule has 1 N–H and O–H groups in total. The zero-order valence-corrected chi connectivity index (χ0v) is 9.92. The zero-order valence-electron chi connectivity index (χ0n) is 9.11. The van der Waals surface area contributed by atoms with Crippen LogP contribution in [0.25, 0.3) is 0 Å². The molecule has 0 fully saturated rings. The van der Waals surface area contributed by atoms with Gasteiger partial charge >= 0.3 is 6.18 Å². The Balaban J connectivity index is 2.26. The summed E-state index contributed by atoms with van der Waals surface area (Å²) in [7, 11) is 0. The molecule has 0 atom stereocenters. The fourth-order valence-electron chi connectivity index (χ4n) is 1.40. The largest absolute Gasteiger partial charge is 0.507 e. The molecule has 0 aromatic heterocycles. The lowest BCUT2D eigenvalue weighted by atomic mass is 10.2. The zero-order chi connectivity index (χ0) is 13.2. The molecule has 0 saturated carbocycles. The van der Waals surface area contributed by atoms with Gasteiger partial charge in [-0.25, -0.2) is 0 Å². The van der Waals surface area contributed by atoms with E-state index in [1.807, 2.05) is 30.3 Å². The predicted molar refractivity (Wildman–Crippen MR) is 63.7 cm³/mol. The van der Waals surface area contributed by atoms with Gasteiger partial charge in [-0.2, -0.15) is 13.2 Å². The highest BCUT2D eigenvalue weighted by atomic mass is 32.2. The lowest BCUT2D eigenvalue weighted by Gasteiger charge is -2.09. The molecule has 0 amide bonds. The van der Waals surface area contributed by atoms with E-state index < -0.39 is 11.7 Å². The van der Waals surface area contributed by atoms with Crippen molar-refractivity contribution in [3.63, 3.8) is 0 Å². The fraction of sp³-hybridized carbons (Fsp3) is 0.0769. The SMILES string of the molecule is Oc1cc(C(F)(F)F)ccc1Sc1ccccc1. The van der Waals surface area contributed by atoms with E-state index in [4.69, 9.17) is 0 Å². The lowest BCUT2D eigenvalue weighted by Crippen LogP contribution is -2.04. The van der Waals surface area contributed by atoms with Gasteiger partial charge in [0.1, 0.15) is 5.75 Å². The van der Waals surface area contributed by atoms with Gasteiger partial charge in [0.05, 0.1) is 10.5 Å². The molecule has 0 heterocycles. The van der Waals surface area contributed by atoms with Crippen LogP contribution in [0.5, 0.6) is 5.75 Å². The van der Waals surface area contributed by atoms with Crippen LogP contribution in [0.4, 0.5) is 13.2 Å². The third kappa shape index (κ3) is 2.98. The van der Waals surface area contributed by atoms with E-state index in [1.165, 1.54) is 17.8 Å². The number of halogens is 3. The molecule has 0 aliphatic carbocycles. The second-order valence-electron chi connectivity index (χ2n) is 3.60. The minimum absolute atomic E-state index is 0.362. The van der Waals surface area contributed by atoms with Crippen LogP contribution in [0.3, 0.4) is 0 Å². The minimum Gasteiger partial charge on any atom is -0.507 e. The molecule has 0 bridgehead atoms. The van der Waals surface area contributed by atoms with Gasteiger partial charge in [0.15, 0.2) is 0 Å². The van der Waals surface area contributed by atoms with Gasteiger partial charge in [0.25, 0.3) is 0 Å². The predicted octanol–water partition coefficient (Wildman–Crippen LogP) is 4.56. The first-order valence-electron chi connectivity index (χ1n) is 5.10. The van der Waals surface area contributed by atoms with Gasteiger partial charge in [-0.05, 0) is 30.3 Å². The van der Waals surface area contributed by atoms with Crippen molar-refractivity contribution in [2.75, 3.05) is 0 Å².